The molecule has 0 bridgehead atoms. The first-order chi connectivity index (χ1) is 10.9. The monoisotopic (exact) mass is 325 g/mol. The van der Waals surface area contributed by atoms with E-state index in [2.05, 4.69) is 20.8 Å². The first kappa shape index (κ1) is 22.1. The smallest absolute Gasteiger partial charge is 0.222 e. The van der Waals surface area contributed by atoms with Gasteiger partial charge in [-0.2, -0.15) is 0 Å². The van der Waals surface area contributed by atoms with Crippen molar-refractivity contribution in [3.63, 3.8) is 0 Å². The summed E-state index contributed by atoms with van der Waals surface area (Å²) >= 11 is 0. The van der Waals surface area contributed by atoms with Crippen LogP contribution in [-0.2, 0) is 9.59 Å². The number of nitrogens with zero attached hydrogens (tertiary/aromatic N) is 1. The molecule has 0 aromatic rings. The number of hydrogen-bond acceptors (Lipinski definition) is 2. The van der Waals surface area contributed by atoms with Gasteiger partial charge in [0.05, 0.1) is 0 Å². The molecule has 1 unspecified atom stereocenters. The third-order valence-electron chi connectivity index (χ3n) is 4.68. The molecule has 0 heterocycles. The fraction of sp³-hybridized carbons (Fsp3) is 0.900. The van der Waals surface area contributed by atoms with Crippen LogP contribution in [0.15, 0.2) is 0 Å². The van der Waals surface area contributed by atoms with Crippen LogP contribution in [0.1, 0.15) is 91.9 Å². The first-order valence-corrected chi connectivity index (χ1v) is 9.65. The molecular formula is C20H39NO2. The molecule has 3 heteroatoms. The molecule has 3 nitrogen and oxygen atoms in total. The van der Waals surface area contributed by atoms with Gasteiger partial charge in [-0.25, -0.2) is 0 Å². The second kappa shape index (κ2) is 13.6. The first-order valence-electron chi connectivity index (χ1n) is 9.65. The van der Waals surface area contributed by atoms with Gasteiger partial charge in [0, 0.05) is 32.4 Å². The minimum absolute atomic E-state index is 0.221. The molecule has 0 saturated heterocycles. The number of unbranched alkanes of at least 4 members (excludes halogenated alkanes) is 4. The summed E-state index contributed by atoms with van der Waals surface area (Å²) in [5.74, 6) is 1.62. The number of amides is 1. The molecule has 0 aliphatic carbocycles. The Hall–Kier alpha value is -0.860. The van der Waals surface area contributed by atoms with Gasteiger partial charge in [0.15, 0.2) is 0 Å². The van der Waals surface area contributed by atoms with Crippen LogP contribution in [-0.4, -0.2) is 30.2 Å². The highest BCUT2D eigenvalue weighted by molar-refractivity contribution is 5.80. The molecule has 0 fully saturated rings. The number of carbonyl (C=O) groups is 2. The Bertz CT molecular complexity index is 326. The molecule has 0 aromatic heterocycles. The highest BCUT2D eigenvalue weighted by Gasteiger charge is 2.10. The molecule has 0 saturated carbocycles. The van der Waals surface area contributed by atoms with Crippen LogP contribution in [0.25, 0.3) is 0 Å². The van der Waals surface area contributed by atoms with Crippen molar-refractivity contribution in [2.75, 3.05) is 13.6 Å². The molecule has 1 amide bonds. The fourth-order valence-corrected chi connectivity index (χ4v) is 2.63. The van der Waals surface area contributed by atoms with Crippen molar-refractivity contribution in [3.05, 3.63) is 0 Å². The van der Waals surface area contributed by atoms with Crippen LogP contribution in [0.5, 0.6) is 0 Å². The van der Waals surface area contributed by atoms with Crippen molar-refractivity contribution in [1.82, 2.24) is 4.90 Å². The maximum atomic E-state index is 12.0. The second-order valence-electron chi connectivity index (χ2n) is 7.39. The third kappa shape index (κ3) is 12.3. The Morgan fingerprint density at radius 1 is 0.870 bits per heavy atom. The summed E-state index contributed by atoms with van der Waals surface area (Å²) in [6.45, 7) is 9.41. The lowest BCUT2D eigenvalue weighted by atomic mass is 9.98. The average molecular weight is 326 g/mol. The van der Waals surface area contributed by atoms with E-state index >= 15 is 0 Å². The van der Waals surface area contributed by atoms with Gasteiger partial charge in [-0.3, -0.25) is 9.59 Å². The van der Waals surface area contributed by atoms with E-state index < -0.39 is 0 Å². The number of hydrogen-bond donors (Lipinski definition) is 0. The molecule has 136 valence electrons. The number of ketones is 1. The fourth-order valence-electron chi connectivity index (χ4n) is 2.63. The van der Waals surface area contributed by atoms with Crippen molar-refractivity contribution >= 4 is 11.7 Å². The number of rotatable bonds is 14. The zero-order chi connectivity index (χ0) is 17.7. The summed E-state index contributed by atoms with van der Waals surface area (Å²) in [7, 11) is 1.92. The van der Waals surface area contributed by atoms with Crippen LogP contribution in [0.3, 0.4) is 0 Å². The Morgan fingerprint density at radius 2 is 1.43 bits per heavy atom. The van der Waals surface area contributed by atoms with E-state index in [1.807, 2.05) is 18.9 Å². The summed E-state index contributed by atoms with van der Waals surface area (Å²) in [6.07, 6.45) is 9.97. The normalized spacial score (nSPS) is 12.4. The lowest BCUT2D eigenvalue weighted by Crippen LogP contribution is -2.27. The standard InChI is InChI=1S/C20H39NO2/c1-6-18(4)19(22)14-10-8-7-9-11-15-20(23)21(5)16-12-13-17(2)3/h17-18H,6-16H2,1-5H3. The predicted octanol–water partition coefficient (Wildman–Crippen LogP) is 5.23. The molecule has 0 aliphatic heterocycles. The van der Waals surface area contributed by atoms with Gasteiger partial charge in [-0.15, -0.1) is 0 Å². The van der Waals surface area contributed by atoms with Crippen LogP contribution >= 0.6 is 0 Å². The van der Waals surface area contributed by atoms with E-state index in [-0.39, 0.29) is 11.8 Å². The molecule has 0 N–H and O–H groups in total. The molecule has 0 aromatic carbocycles. The summed E-state index contributed by atoms with van der Waals surface area (Å²) in [4.78, 5) is 25.6. The van der Waals surface area contributed by atoms with Gasteiger partial charge in [0.1, 0.15) is 5.78 Å². The van der Waals surface area contributed by atoms with Crippen molar-refractivity contribution in [1.29, 1.82) is 0 Å². The molecule has 1 atom stereocenters. The second-order valence-corrected chi connectivity index (χ2v) is 7.39. The van der Waals surface area contributed by atoms with E-state index in [0.717, 1.165) is 57.9 Å². The van der Waals surface area contributed by atoms with Gasteiger partial charge in [-0.1, -0.05) is 47.0 Å². The Balaban J connectivity index is 3.53. The minimum Gasteiger partial charge on any atom is -0.346 e. The highest BCUT2D eigenvalue weighted by Crippen LogP contribution is 2.12. The molecule has 0 rings (SSSR count). The number of carbonyl (C=O) groups excluding carboxylic acids is 2. The lowest BCUT2D eigenvalue weighted by molar-refractivity contribution is -0.130. The van der Waals surface area contributed by atoms with Gasteiger partial charge < -0.3 is 4.90 Å². The van der Waals surface area contributed by atoms with Gasteiger partial charge >= 0.3 is 0 Å². The SMILES string of the molecule is CCC(C)C(=O)CCCCCCCC(=O)N(C)CCCC(C)C. The lowest BCUT2D eigenvalue weighted by Gasteiger charge is -2.17. The quantitative estimate of drug-likeness (QED) is 0.410. The maximum Gasteiger partial charge on any atom is 0.222 e. The summed E-state index contributed by atoms with van der Waals surface area (Å²) < 4.78 is 0. The molecule has 0 radical (unpaired) electrons. The molecule has 0 spiro atoms. The van der Waals surface area contributed by atoms with Crippen LogP contribution in [0.2, 0.25) is 0 Å². The predicted molar refractivity (Wildman–Crippen MR) is 98.5 cm³/mol. The van der Waals surface area contributed by atoms with Crippen molar-refractivity contribution in [2.24, 2.45) is 11.8 Å². The van der Waals surface area contributed by atoms with E-state index in [4.69, 9.17) is 0 Å². The van der Waals surface area contributed by atoms with Gasteiger partial charge in [-0.05, 0) is 38.0 Å². The van der Waals surface area contributed by atoms with Crippen LogP contribution < -0.4 is 0 Å². The maximum absolute atomic E-state index is 12.0. The van der Waals surface area contributed by atoms with Crippen molar-refractivity contribution in [2.45, 2.75) is 91.9 Å². The van der Waals surface area contributed by atoms with E-state index in [0.29, 0.717) is 18.1 Å². The van der Waals surface area contributed by atoms with Crippen LogP contribution in [0.4, 0.5) is 0 Å². The van der Waals surface area contributed by atoms with E-state index in [9.17, 15) is 9.59 Å². The van der Waals surface area contributed by atoms with Gasteiger partial charge in [0.25, 0.3) is 0 Å². The minimum atomic E-state index is 0.221. The molecule has 0 aliphatic rings. The Kier molecular flexibility index (Phi) is 13.1. The number of Topliss-reactive ketones (excluding diaryl/α,β-unsaturated/α-hetero) is 1. The highest BCUT2D eigenvalue weighted by atomic mass is 16.2. The summed E-state index contributed by atoms with van der Waals surface area (Å²) in [5.41, 5.74) is 0. The third-order valence-corrected chi connectivity index (χ3v) is 4.68. The zero-order valence-electron chi connectivity index (χ0n) is 16.2. The molecule has 23 heavy (non-hydrogen) atoms. The van der Waals surface area contributed by atoms with E-state index in [1.165, 1.54) is 6.42 Å². The average Bonchev–Trinajstić information content (AvgIpc) is 2.52. The largest absolute Gasteiger partial charge is 0.346 e. The Labute approximate surface area is 144 Å². The van der Waals surface area contributed by atoms with Crippen molar-refractivity contribution in [3.8, 4) is 0 Å². The van der Waals surface area contributed by atoms with Gasteiger partial charge in [0.2, 0.25) is 5.91 Å². The topological polar surface area (TPSA) is 37.4 Å². The summed E-state index contributed by atoms with van der Waals surface area (Å²) in [6, 6.07) is 0. The summed E-state index contributed by atoms with van der Waals surface area (Å²) in [5, 5.41) is 0. The zero-order valence-corrected chi connectivity index (χ0v) is 16.2. The Morgan fingerprint density at radius 3 is 2.00 bits per heavy atom. The van der Waals surface area contributed by atoms with Crippen LogP contribution in [0, 0.1) is 11.8 Å². The van der Waals surface area contributed by atoms with E-state index in [1.54, 1.807) is 0 Å². The molecular weight excluding hydrogens is 286 g/mol. The van der Waals surface area contributed by atoms with Crippen molar-refractivity contribution < 1.29 is 9.59 Å².